The Hall–Kier alpha value is -3.48. The van der Waals surface area contributed by atoms with E-state index in [2.05, 4.69) is 10.3 Å². The van der Waals surface area contributed by atoms with E-state index in [1.807, 2.05) is 44.2 Å². The van der Waals surface area contributed by atoms with Crippen LogP contribution in [0.2, 0.25) is 0 Å². The number of nitrogens with zero attached hydrogens (tertiary/aromatic N) is 2. The number of fused-ring (bicyclic) bond motifs is 1. The van der Waals surface area contributed by atoms with Crippen molar-refractivity contribution in [3.05, 3.63) is 81.4 Å². The van der Waals surface area contributed by atoms with Crippen LogP contribution in [0.25, 0.3) is 5.65 Å². The highest BCUT2D eigenvalue weighted by molar-refractivity contribution is 5.76. The van der Waals surface area contributed by atoms with Gasteiger partial charge >= 0.3 is 5.97 Å². The van der Waals surface area contributed by atoms with Gasteiger partial charge in [0.1, 0.15) is 12.3 Å². The first-order valence-electron chi connectivity index (χ1n) is 9.30. The van der Waals surface area contributed by atoms with Crippen molar-refractivity contribution in [2.45, 2.75) is 39.8 Å². The van der Waals surface area contributed by atoms with Gasteiger partial charge in [-0.15, -0.1) is 0 Å². The Labute approximate surface area is 168 Å². The summed E-state index contributed by atoms with van der Waals surface area (Å²) in [6, 6.07) is 12.1. The van der Waals surface area contributed by atoms with E-state index < -0.39 is 12.0 Å². The van der Waals surface area contributed by atoms with E-state index in [0.717, 1.165) is 16.7 Å². The molecule has 1 aromatic carbocycles. The van der Waals surface area contributed by atoms with E-state index >= 15 is 0 Å². The van der Waals surface area contributed by atoms with Crippen LogP contribution in [0.5, 0.6) is 0 Å². The first kappa shape index (κ1) is 20.3. The van der Waals surface area contributed by atoms with E-state index in [1.165, 1.54) is 17.4 Å². The monoisotopic (exact) mass is 393 g/mol. The minimum absolute atomic E-state index is 0.0195. The van der Waals surface area contributed by atoms with Crippen molar-refractivity contribution >= 4 is 17.5 Å². The number of carbonyl (C=O) groups is 2. The molecule has 0 bridgehead atoms. The summed E-state index contributed by atoms with van der Waals surface area (Å²) >= 11 is 0. The maximum absolute atomic E-state index is 12.4. The maximum Gasteiger partial charge on any atom is 0.308 e. The average Bonchev–Trinajstić information content (AvgIpc) is 2.66. The van der Waals surface area contributed by atoms with Crippen LogP contribution < -0.4 is 10.9 Å². The molecule has 0 aliphatic rings. The highest BCUT2D eigenvalue weighted by atomic mass is 16.5. The lowest BCUT2D eigenvalue weighted by Crippen LogP contribution is -2.28. The van der Waals surface area contributed by atoms with Crippen LogP contribution in [-0.2, 0) is 20.9 Å². The van der Waals surface area contributed by atoms with E-state index in [-0.39, 0.29) is 24.5 Å². The van der Waals surface area contributed by atoms with Crippen molar-refractivity contribution in [1.29, 1.82) is 0 Å². The minimum atomic E-state index is -0.490. The summed E-state index contributed by atoms with van der Waals surface area (Å²) in [6.45, 7) is 5.16. The number of amides is 1. The Bertz CT molecular complexity index is 1100. The lowest BCUT2D eigenvalue weighted by Gasteiger charge is -2.18. The zero-order chi connectivity index (χ0) is 21.0. The zero-order valence-corrected chi connectivity index (χ0v) is 16.6. The Balaban J connectivity index is 1.70. The lowest BCUT2D eigenvalue weighted by molar-refractivity contribution is -0.145. The summed E-state index contributed by atoms with van der Waals surface area (Å²) in [6.07, 6.45) is 1.64. The fourth-order valence-electron chi connectivity index (χ4n) is 3.00. The van der Waals surface area contributed by atoms with Crippen LogP contribution in [0.15, 0.2) is 53.5 Å². The van der Waals surface area contributed by atoms with Gasteiger partial charge in [0.05, 0.1) is 18.2 Å². The number of rotatable bonds is 6. The molecule has 0 radical (unpaired) electrons. The van der Waals surface area contributed by atoms with Gasteiger partial charge in [0.25, 0.3) is 5.56 Å². The maximum atomic E-state index is 12.4. The molecule has 0 fully saturated rings. The van der Waals surface area contributed by atoms with E-state index in [9.17, 15) is 14.4 Å². The summed E-state index contributed by atoms with van der Waals surface area (Å²) in [7, 11) is 0. The van der Waals surface area contributed by atoms with Gasteiger partial charge in [-0.1, -0.05) is 29.8 Å². The average molecular weight is 393 g/mol. The second-order valence-corrected chi connectivity index (χ2v) is 7.05. The van der Waals surface area contributed by atoms with Gasteiger partial charge in [-0.05, 0) is 37.1 Å². The number of esters is 1. The number of aromatic nitrogens is 2. The van der Waals surface area contributed by atoms with Gasteiger partial charge in [0, 0.05) is 19.2 Å². The van der Waals surface area contributed by atoms with E-state index in [4.69, 9.17) is 4.74 Å². The summed E-state index contributed by atoms with van der Waals surface area (Å²) in [5.41, 5.74) is 3.51. The Morgan fingerprint density at radius 1 is 1.10 bits per heavy atom. The number of benzene rings is 1. The van der Waals surface area contributed by atoms with Crippen LogP contribution in [0.3, 0.4) is 0 Å². The molecule has 150 valence electrons. The molecule has 0 aliphatic carbocycles. The van der Waals surface area contributed by atoms with Gasteiger partial charge in [-0.25, -0.2) is 4.98 Å². The Morgan fingerprint density at radius 3 is 2.52 bits per heavy atom. The number of pyridine rings is 1. The molecule has 0 aliphatic heterocycles. The van der Waals surface area contributed by atoms with Crippen molar-refractivity contribution in [3.8, 4) is 0 Å². The van der Waals surface area contributed by atoms with Gasteiger partial charge in [-0.3, -0.25) is 18.8 Å². The normalized spacial score (nSPS) is 11.8. The predicted molar refractivity (Wildman–Crippen MR) is 108 cm³/mol. The van der Waals surface area contributed by atoms with Crippen molar-refractivity contribution < 1.29 is 14.3 Å². The Morgan fingerprint density at radius 2 is 1.83 bits per heavy atom. The molecule has 2 aromatic heterocycles. The largest absolute Gasteiger partial charge is 0.459 e. The molecule has 2 heterocycles. The molecular formula is C22H23N3O4. The van der Waals surface area contributed by atoms with Crippen molar-refractivity contribution in [2.24, 2.45) is 0 Å². The third-order valence-electron chi connectivity index (χ3n) is 4.48. The number of hydrogen-bond donors (Lipinski definition) is 1. The van der Waals surface area contributed by atoms with E-state index in [0.29, 0.717) is 11.3 Å². The molecule has 1 amide bonds. The molecular weight excluding hydrogens is 370 g/mol. The Kier molecular flexibility index (Phi) is 6.07. The SMILES string of the molecule is CC(=O)N[C@@H](CC(=O)OCc1cc(=O)n2ccc(C)cc2n1)c1ccc(C)cc1. The first-order chi connectivity index (χ1) is 13.8. The smallest absolute Gasteiger partial charge is 0.308 e. The first-order valence-corrected chi connectivity index (χ1v) is 9.30. The second-order valence-electron chi connectivity index (χ2n) is 7.05. The molecule has 29 heavy (non-hydrogen) atoms. The summed E-state index contributed by atoms with van der Waals surface area (Å²) in [5.74, 6) is -0.724. The molecule has 0 saturated carbocycles. The molecule has 0 spiro atoms. The van der Waals surface area contributed by atoms with Crippen LogP contribution >= 0.6 is 0 Å². The van der Waals surface area contributed by atoms with Gasteiger partial charge < -0.3 is 10.1 Å². The van der Waals surface area contributed by atoms with Gasteiger partial charge in [0.2, 0.25) is 5.91 Å². The number of hydrogen-bond acceptors (Lipinski definition) is 5. The topological polar surface area (TPSA) is 89.8 Å². The number of carbonyl (C=O) groups excluding carboxylic acids is 2. The highest BCUT2D eigenvalue weighted by Gasteiger charge is 2.18. The van der Waals surface area contributed by atoms with Crippen molar-refractivity contribution in [2.75, 3.05) is 0 Å². The highest BCUT2D eigenvalue weighted by Crippen LogP contribution is 2.18. The van der Waals surface area contributed by atoms with Gasteiger partial charge in [0.15, 0.2) is 0 Å². The fraction of sp³-hybridized carbons (Fsp3) is 0.273. The van der Waals surface area contributed by atoms with Crippen LogP contribution in [0.1, 0.15) is 41.8 Å². The third kappa shape index (κ3) is 5.28. The van der Waals surface area contributed by atoms with Crippen molar-refractivity contribution in [1.82, 2.24) is 14.7 Å². The van der Waals surface area contributed by atoms with Crippen LogP contribution in [-0.4, -0.2) is 21.3 Å². The molecule has 7 nitrogen and oxygen atoms in total. The standard InChI is InChI=1S/C22H23N3O4/c1-14-4-6-17(7-5-14)19(23-16(3)26)12-22(28)29-13-18-11-21(27)25-9-8-15(2)10-20(25)24-18/h4-11,19H,12-13H2,1-3H3,(H,23,26)/t19-/m0/s1. The lowest BCUT2D eigenvalue weighted by atomic mass is 10.0. The van der Waals surface area contributed by atoms with Crippen molar-refractivity contribution in [3.63, 3.8) is 0 Å². The number of aryl methyl sites for hydroxylation is 2. The summed E-state index contributed by atoms with van der Waals surface area (Å²) < 4.78 is 6.75. The zero-order valence-electron chi connectivity index (χ0n) is 16.6. The molecule has 0 saturated heterocycles. The fourth-order valence-corrected chi connectivity index (χ4v) is 3.00. The molecule has 7 heteroatoms. The molecule has 1 atom stereocenters. The molecule has 3 aromatic rings. The van der Waals surface area contributed by atoms with Gasteiger partial charge in [-0.2, -0.15) is 0 Å². The predicted octanol–water partition coefficient (Wildman–Crippen LogP) is 2.62. The number of nitrogens with one attached hydrogen (secondary N) is 1. The molecule has 3 rings (SSSR count). The van der Waals surface area contributed by atoms with E-state index in [1.54, 1.807) is 12.3 Å². The third-order valence-corrected chi connectivity index (χ3v) is 4.48. The molecule has 0 unspecified atom stereocenters. The summed E-state index contributed by atoms with van der Waals surface area (Å²) in [4.78, 5) is 40.5. The quantitative estimate of drug-likeness (QED) is 0.650. The summed E-state index contributed by atoms with van der Waals surface area (Å²) in [5, 5.41) is 2.78. The van der Waals surface area contributed by atoms with Crippen LogP contribution in [0, 0.1) is 13.8 Å². The number of ether oxygens (including phenoxy) is 1. The second kappa shape index (κ2) is 8.68. The molecule has 1 N–H and O–H groups in total. The van der Waals surface area contributed by atoms with Crippen LogP contribution in [0.4, 0.5) is 0 Å². The minimum Gasteiger partial charge on any atom is -0.459 e.